The number of aliphatic hydroxyl groups is 1. The molecule has 4 atom stereocenters. The molecule has 0 spiro atoms. The first-order valence-corrected chi connectivity index (χ1v) is 19.4. The van der Waals surface area contributed by atoms with Crippen LogP contribution in [0.15, 0.2) is 122 Å². The minimum atomic E-state index is -4.27. The molecule has 4 heterocycles. The fourth-order valence-electron chi connectivity index (χ4n) is 10.3. The summed E-state index contributed by atoms with van der Waals surface area (Å²) in [6, 6.07) is 33.1. The van der Waals surface area contributed by atoms with Gasteiger partial charge in [-0.25, -0.2) is 9.37 Å². The maximum atomic E-state index is 16.8. The van der Waals surface area contributed by atoms with Gasteiger partial charge in [-0.05, 0) is 73.6 Å². The van der Waals surface area contributed by atoms with Crippen LogP contribution >= 0.6 is 0 Å². The van der Waals surface area contributed by atoms with E-state index >= 15 is 13.2 Å². The molecule has 3 saturated heterocycles. The van der Waals surface area contributed by atoms with E-state index in [0.717, 1.165) is 54.9 Å². The Morgan fingerprint density at radius 1 is 0.836 bits per heavy atom. The van der Waals surface area contributed by atoms with Gasteiger partial charge in [0.25, 0.3) is 0 Å². The molecule has 5 aromatic rings. The van der Waals surface area contributed by atoms with Crippen LogP contribution < -0.4 is 0 Å². The highest BCUT2D eigenvalue weighted by atomic mass is 19.3. The molecule has 4 unspecified atom stereocenters. The minimum Gasteiger partial charge on any atom is -0.381 e. The summed E-state index contributed by atoms with van der Waals surface area (Å²) in [5.41, 5.74) is -0.0467. The summed E-state index contributed by atoms with van der Waals surface area (Å²) in [6.07, 6.45) is 5.16. The Hall–Kier alpha value is -4.61. The topological polar surface area (TPSA) is 76.8 Å². The van der Waals surface area contributed by atoms with Gasteiger partial charge in [0.1, 0.15) is 11.4 Å². The van der Waals surface area contributed by atoms with Gasteiger partial charge in [-0.2, -0.15) is 13.8 Å². The third kappa shape index (κ3) is 6.05. The van der Waals surface area contributed by atoms with Crippen molar-refractivity contribution >= 4 is 5.78 Å². The van der Waals surface area contributed by atoms with Crippen LogP contribution in [-0.4, -0.2) is 56.4 Å². The summed E-state index contributed by atoms with van der Waals surface area (Å²) in [6.45, 7) is 0.620. The van der Waals surface area contributed by atoms with Crippen LogP contribution in [0, 0.1) is 17.2 Å². The number of nitrogens with zero attached hydrogens (tertiary/aromatic N) is 3. The van der Waals surface area contributed by atoms with Crippen molar-refractivity contribution in [3.8, 4) is 11.3 Å². The molecule has 4 bridgehead atoms. The second-order valence-corrected chi connectivity index (χ2v) is 15.8. The molecular weight excluding hydrogens is 704 g/mol. The van der Waals surface area contributed by atoms with E-state index in [4.69, 9.17) is 9.57 Å². The van der Waals surface area contributed by atoms with E-state index in [2.05, 4.69) is 4.98 Å². The van der Waals surface area contributed by atoms with Gasteiger partial charge >= 0.3 is 5.92 Å². The first-order chi connectivity index (χ1) is 26.7. The number of aromatic nitrogens is 2. The van der Waals surface area contributed by atoms with Gasteiger partial charge in [-0.15, -0.1) is 0 Å². The van der Waals surface area contributed by atoms with Gasteiger partial charge in [0.15, 0.2) is 12.4 Å². The van der Waals surface area contributed by atoms with Gasteiger partial charge in [0.2, 0.25) is 5.78 Å². The second kappa shape index (κ2) is 14.2. The predicted octanol–water partition coefficient (Wildman–Crippen LogP) is 8.86. The molecule has 4 aromatic carbocycles. The zero-order chi connectivity index (χ0) is 37.8. The Balaban J connectivity index is 1.07. The molecule has 0 amide bonds. The lowest BCUT2D eigenvalue weighted by Gasteiger charge is -2.60. The highest BCUT2D eigenvalue weighted by Gasteiger charge is 2.65. The molecule has 2 saturated carbocycles. The number of rotatable bonds is 11. The van der Waals surface area contributed by atoms with Crippen molar-refractivity contribution in [2.75, 3.05) is 6.61 Å². The number of imidazole rings is 1. The number of benzene rings is 4. The zero-order valence-electron chi connectivity index (χ0n) is 30.4. The van der Waals surface area contributed by atoms with Crippen molar-refractivity contribution in [1.82, 2.24) is 14.6 Å². The van der Waals surface area contributed by atoms with Crippen molar-refractivity contribution in [1.29, 1.82) is 0 Å². The second-order valence-electron chi connectivity index (χ2n) is 15.8. The summed E-state index contributed by atoms with van der Waals surface area (Å²) in [7, 11) is 0. The minimum absolute atomic E-state index is 0.0145. The van der Waals surface area contributed by atoms with Gasteiger partial charge in [0.05, 0.1) is 12.0 Å². The monoisotopic (exact) mass is 747 g/mol. The SMILES string of the molecule is O=C(C12CC3CC(C1)N(OC1CCCCO1)C(C3)C2)C(F)(F)C(O)c1c(F)cccc1-c1cn(C(c2ccccc2)(c2ccccc2)c2ccccc2)cn1. The molecule has 10 heteroatoms. The Kier molecular flexibility index (Phi) is 9.28. The number of alkyl halides is 2. The number of carbonyl (C=O) groups is 1. The number of Topliss-reactive ketones (excluding diaryl/α,β-unsaturated/α-hetero) is 1. The van der Waals surface area contributed by atoms with Crippen LogP contribution in [0.1, 0.15) is 79.7 Å². The lowest BCUT2D eigenvalue weighted by Crippen LogP contribution is -2.66. The standard InChI is InChI=1S/C45H44F3N3O4/c46-37-20-12-19-36(38-28-50(29-49-38)44(31-13-4-1-5-14-31,32-15-6-2-7-16-32)33-17-8-3-9-18-33)40(37)41(52)45(47,48)42(53)43-25-30-23-34(26-43)51(35(24-30)27-43)55-39-21-10-11-22-54-39/h1-9,12-20,28-30,34-35,39,41,52H,10-11,21-27H2. The Morgan fingerprint density at radius 3 is 2.00 bits per heavy atom. The van der Waals surface area contributed by atoms with Crippen molar-refractivity contribution in [3.05, 3.63) is 150 Å². The lowest BCUT2D eigenvalue weighted by molar-refractivity contribution is -0.351. The smallest absolute Gasteiger partial charge is 0.335 e. The van der Waals surface area contributed by atoms with E-state index in [0.29, 0.717) is 13.0 Å². The zero-order valence-corrected chi connectivity index (χ0v) is 30.4. The summed E-state index contributed by atoms with van der Waals surface area (Å²) in [5.74, 6) is -6.54. The van der Waals surface area contributed by atoms with Crippen molar-refractivity contribution < 1.29 is 32.6 Å². The number of ketones is 1. The quantitative estimate of drug-likeness (QED) is 0.136. The fraction of sp³-hybridized carbons (Fsp3) is 0.378. The van der Waals surface area contributed by atoms with Crippen LogP contribution in [0.2, 0.25) is 0 Å². The summed E-state index contributed by atoms with van der Waals surface area (Å²) in [4.78, 5) is 25.2. The van der Waals surface area contributed by atoms with E-state index in [1.807, 2.05) is 101 Å². The number of halogens is 3. The molecule has 3 aliphatic heterocycles. The first-order valence-electron chi connectivity index (χ1n) is 19.4. The molecule has 284 valence electrons. The van der Waals surface area contributed by atoms with E-state index in [1.54, 1.807) is 12.5 Å². The highest BCUT2D eigenvalue weighted by Crippen LogP contribution is 2.59. The van der Waals surface area contributed by atoms with E-state index in [9.17, 15) is 9.90 Å². The molecule has 0 radical (unpaired) electrons. The number of hydroxylamine groups is 2. The van der Waals surface area contributed by atoms with Crippen LogP contribution in [0.25, 0.3) is 11.3 Å². The number of ether oxygens (including phenoxy) is 1. The third-order valence-corrected chi connectivity index (χ3v) is 12.5. The van der Waals surface area contributed by atoms with Crippen molar-refractivity contribution in [3.63, 3.8) is 0 Å². The van der Waals surface area contributed by atoms with Crippen LogP contribution in [-0.2, 0) is 19.9 Å². The molecule has 7 nitrogen and oxygen atoms in total. The van der Waals surface area contributed by atoms with Crippen LogP contribution in [0.5, 0.6) is 0 Å². The van der Waals surface area contributed by atoms with Crippen molar-refractivity contribution in [2.45, 2.75) is 87.3 Å². The van der Waals surface area contributed by atoms with Crippen LogP contribution in [0.4, 0.5) is 13.2 Å². The highest BCUT2D eigenvalue weighted by molar-refractivity contribution is 5.93. The maximum absolute atomic E-state index is 16.8. The van der Waals surface area contributed by atoms with Gasteiger partial charge in [-0.3, -0.25) is 9.63 Å². The number of piperidine rings is 2. The Bertz CT molecular complexity index is 2030. The first kappa shape index (κ1) is 36.1. The Labute approximate surface area is 318 Å². The van der Waals surface area contributed by atoms with Gasteiger partial charge in [-0.1, -0.05) is 103 Å². The lowest BCUT2D eigenvalue weighted by atomic mass is 9.53. The average molecular weight is 748 g/mol. The molecule has 10 rings (SSSR count). The van der Waals surface area contributed by atoms with Crippen molar-refractivity contribution in [2.24, 2.45) is 11.3 Å². The largest absolute Gasteiger partial charge is 0.381 e. The van der Waals surface area contributed by atoms with Crippen LogP contribution in [0.3, 0.4) is 0 Å². The number of aliphatic hydroxyl groups excluding tert-OH is 1. The fourth-order valence-corrected chi connectivity index (χ4v) is 10.3. The number of carbonyl (C=O) groups excluding carboxylic acids is 1. The predicted molar refractivity (Wildman–Crippen MR) is 200 cm³/mol. The number of hydrogen-bond acceptors (Lipinski definition) is 6. The number of hydrogen-bond donors (Lipinski definition) is 1. The molecule has 2 aliphatic carbocycles. The van der Waals surface area contributed by atoms with Gasteiger partial charge < -0.3 is 14.4 Å². The summed E-state index contributed by atoms with van der Waals surface area (Å²) < 4.78 is 57.2. The maximum Gasteiger partial charge on any atom is 0.335 e. The van der Waals surface area contributed by atoms with Gasteiger partial charge in [0, 0.05) is 47.9 Å². The molecule has 1 aromatic heterocycles. The van der Waals surface area contributed by atoms with E-state index < -0.39 is 40.1 Å². The summed E-state index contributed by atoms with van der Waals surface area (Å²) >= 11 is 0. The molecule has 55 heavy (non-hydrogen) atoms. The normalized spacial score (nSPS) is 25.9. The molecule has 5 aliphatic rings. The third-order valence-electron chi connectivity index (χ3n) is 12.5. The average Bonchev–Trinajstić information content (AvgIpc) is 3.71. The molecular formula is C45H44F3N3O4. The Morgan fingerprint density at radius 2 is 1.44 bits per heavy atom. The van der Waals surface area contributed by atoms with E-state index in [-0.39, 0.29) is 48.4 Å². The molecule has 5 fully saturated rings. The molecule has 1 N–H and O–H groups in total. The summed E-state index contributed by atoms with van der Waals surface area (Å²) in [5, 5.41) is 13.5. The van der Waals surface area contributed by atoms with E-state index in [1.165, 1.54) is 12.1 Å².